The first-order valence-electron chi connectivity index (χ1n) is 11.8. The second-order valence-corrected chi connectivity index (χ2v) is 11.0. The van der Waals surface area contributed by atoms with Crippen molar-refractivity contribution in [1.29, 1.82) is 0 Å². The average molecular weight is 562 g/mol. The van der Waals surface area contributed by atoms with E-state index in [0.717, 1.165) is 10.2 Å². The monoisotopic (exact) mass is 561 g/mol. The van der Waals surface area contributed by atoms with Crippen LogP contribution in [0.1, 0.15) is 27.6 Å². The highest BCUT2D eigenvalue weighted by molar-refractivity contribution is 7.89. The van der Waals surface area contributed by atoms with Gasteiger partial charge in [-0.2, -0.15) is 9.30 Å². The Morgan fingerprint density at radius 1 is 1.05 bits per heavy atom. The molecule has 0 saturated heterocycles. The third-order valence-corrected chi connectivity index (χ3v) is 8.49. The van der Waals surface area contributed by atoms with Crippen LogP contribution in [0.2, 0.25) is 0 Å². The Morgan fingerprint density at radius 3 is 2.26 bits per heavy atom. The van der Waals surface area contributed by atoms with Gasteiger partial charge in [0.05, 0.1) is 40.5 Å². The van der Waals surface area contributed by atoms with E-state index in [1.807, 2.05) is 4.57 Å². The molecule has 0 fully saturated rings. The van der Waals surface area contributed by atoms with Crippen molar-refractivity contribution in [1.82, 2.24) is 8.87 Å². The van der Waals surface area contributed by atoms with Gasteiger partial charge < -0.3 is 18.8 Å². The molecule has 0 spiro atoms. The minimum atomic E-state index is -3.81. The third-order valence-electron chi connectivity index (χ3n) is 5.53. The number of carbonyl (C=O) groups excluding carboxylic acids is 2. The van der Waals surface area contributed by atoms with E-state index >= 15 is 0 Å². The number of sulfonamides is 1. The van der Waals surface area contributed by atoms with Gasteiger partial charge in [0, 0.05) is 39.4 Å². The molecule has 0 N–H and O–H groups in total. The molecule has 10 nitrogen and oxygen atoms in total. The highest BCUT2D eigenvalue weighted by Gasteiger charge is 2.24. The zero-order chi connectivity index (χ0) is 27.7. The third kappa shape index (κ3) is 6.83. The molecule has 0 aliphatic carbocycles. The maximum absolute atomic E-state index is 13.1. The van der Waals surface area contributed by atoms with Crippen molar-refractivity contribution in [2.45, 2.75) is 18.4 Å². The summed E-state index contributed by atoms with van der Waals surface area (Å²) < 4.78 is 45.2. The second-order valence-electron chi connectivity index (χ2n) is 8.02. The first kappa shape index (κ1) is 29.4. The number of nitrogens with zero attached hydrogens (tertiary/aromatic N) is 3. The number of rotatable bonds is 13. The minimum absolute atomic E-state index is 0.0522. The second kappa shape index (κ2) is 13.6. The SMILES string of the molecule is C=CCn1c(=NC(=O)c2ccc(S(=O)(=O)N(CCOC)CCOC)cc2)sc2cc(C(=O)OCC)ccc21. The number of aromatic nitrogens is 1. The highest BCUT2D eigenvalue weighted by atomic mass is 32.2. The number of hydrogen-bond acceptors (Lipinski definition) is 8. The molecule has 204 valence electrons. The Labute approximate surface area is 225 Å². The molecular weight excluding hydrogens is 530 g/mol. The van der Waals surface area contributed by atoms with Crippen LogP contribution in [0.3, 0.4) is 0 Å². The van der Waals surface area contributed by atoms with Crippen LogP contribution in [0.5, 0.6) is 0 Å². The molecule has 3 aromatic rings. The number of allylic oxidation sites excluding steroid dienone is 1. The Hall–Kier alpha value is -3.16. The lowest BCUT2D eigenvalue weighted by Gasteiger charge is -2.21. The zero-order valence-corrected chi connectivity index (χ0v) is 23.2. The fourth-order valence-electron chi connectivity index (χ4n) is 3.61. The average Bonchev–Trinajstić information content (AvgIpc) is 3.24. The van der Waals surface area contributed by atoms with Crippen LogP contribution in [-0.2, 0) is 30.8 Å². The Kier molecular flexibility index (Phi) is 10.5. The molecule has 0 aliphatic heterocycles. The number of thiazole rings is 1. The van der Waals surface area contributed by atoms with Crippen molar-refractivity contribution in [3.05, 3.63) is 71.0 Å². The van der Waals surface area contributed by atoms with Crippen LogP contribution in [0.15, 0.2) is 65.0 Å². The first-order chi connectivity index (χ1) is 18.3. The Bertz CT molecular complexity index is 1450. The summed E-state index contributed by atoms with van der Waals surface area (Å²) in [5.74, 6) is -0.953. The van der Waals surface area contributed by atoms with E-state index in [1.165, 1.54) is 54.1 Å². The number of hydrogen-bond donors (Lipinski definition) is 0. The van der Waals surface area contributed by atoms with E-state index in [9.17, 15) is 18.0 Å². The molecule has 0 aliphatic rings. The van der Waals surface area contributed by atoms with Crippen LogP contribution < -0.4 is 4.80 Å². The lowest BCUT2D eigenvalue weighted by molar-refractivity contribution is 0.0526. The first-order valence-corrected chi connectivity index (χ1v) is 14.1. The molecule has 38 heavy (non-hydrogen) atoms. The topological polar surface area (TPSA) is 117 Å². The van der Waals surface area contributed by atoms with E-state index in [0.29, 0.717) is 16.9 Å². The molecule has 0 bridgehead atoms. The molecule has 0 saturated carbocycles. The van der Waals surface area contributed by atoms with E-state index in [4.69, 9.17) is 14.2 Å². The summed E-state index contributed by atoms with van der Waals surface area (Å²) in [7, 11) is -0.814. The number of carbonyl (C=O) groups is 2. The number of methoxy groups -OCH3 is 2. The summed E-state index contributed by atoms with van der Waals surface area (Å²) in [4.78, 5) is 29.9. The van der Waals surface area contributed by atoms with Crippen LogP contribution in [0, 0.1) is 0 Å². The van der Waals surface area contributed by atoms with E-state index < -0.39 is 21.9 Å². The van der Waals surface area contributed by atoms with Gasteiger partial charge in [-0.25, -0.2) is 13.2 Å². The zero-order valence-electron chi connectivity index (χ0n) is 21.6. The number of esters is 1. The lowest BCUT2D eigenvalue weighted by atomic mass is 10.2. The Morgan fingerprint density at radius 2 is 1.68 bits per heavy atom. The number of ether oxygens (including phenoxy) is 3. The van der Waals surface area contributed by atoms with Crippen LogP contribution in [-0.4, -0.2) is 76.3 Å². The van der Waals surface area contributed by atoms with Crippen LogP contribution in [0.25, 0.3) is 10.2 Å². The molecule has 0 atom stereocenters. The van der Waals surface area contributed by atoms with Gasteiger partial charge in [0.25, 0.3) is 5.91 Å². The Balaban J connectivity index is 1.93. The van der Waals surface area contributed by atoms with E-state index in [-0.39, 0.29) is 43.4 Å². The van der Waals surface area contributed by atoms with Gasteiger partial charge in [0.15, 0.2) is 4.80 Å². The number of benzene rings is 2. The molecule has 3 rings (SSSR count). The highest BCUT2D eigenvalue weighted by Crippen LogP contribution is 2.21. The van der Waals surface area contributed by atoms with Crippen molar-refractivity contribution >= 4 is 43.5 Å². The standard InChI is InChI=1S/C26H31N3O7S2/c1-5-13-29-22-12-9-20(25(31)36-6-2)18-23(22)37-26(29)27-24(30)19-7-10-21(11-8-19)38(32,33)28(14-16-34-3)15-17-35-4/h5,7-12,18H,1,6,13-17H2,2-4H3. The molecule has 12 heteroatoms. The van der Waals surface area contributed by atoms with Gasteiger partial charge in [-0.15, -0.1) is 6.58 Å². The molecule has 1 aromatic heterocycles. The van der Waals surface area contributed by atoms with Crippen molar-refractivity contribution < 1.29 is 32.2 Å². The smallest absolute Gasteiger partial charge is 0.338 e. The maximum atomic E-state index is 13.1. The largest absolute Gasteiger partial charge is 0.462 e. The summed E-state index contributed by atoms with van der Waals surface area (Å²) in [5.41, 5.74) is 1.44. The van der Waals surface area contributed by atoms with Crippen molar-refractivity contribution in [2.75, 3.05) is 47.1 Å². The fourth-order valence-corrected chi connectivity index (χ4v) is 6.10. The predicted octanol–water partition coefficient (Wildman–Crippen LogP) is 3.09. The number of fused-ring (bicyclic) bond motifs is 1. The van der Waals surface area contributed by atoms with Gasteiger partial charge in [-0.3, -0.25) is 4.79 Å². The van der Waals surface area contributed by atoms with Crippen LogP contribution >= 0.6 is 11.3 Å². The van der Waals surface area contributed by atoms with Gasteiger partial charge >= 0.3 is 5.97 Å². The molecule has 0 radical (unpaired) electrons. The van der Waals surface area contributed by atoms with Gasteiger partial charge in [0.1, 0.15) is 0 Å². The molecule has 2 aromatic carbocycles. The van der Waals surface area contributed by atoms with E-state index in [1.54, 1.807) is 31.2 Å². The molecular formula is C26H31N3O7S2. The molecule has 0 unspecified atom stereocenters. The maximum Gasteiger partial charge on any atom is 0.338 e. The summed E-state index contributed by atoms with van der Waals surface area (Å²) in [6.07, 6.45) is 1.69. The summed E-state index contributed by atoms with van der Waals surface area (Å²) in [5, 5.41) is 0. The summed E-state index contributed by atoms with van der Waals surface area (Å²) in [6.45, 7) is 7.01. The summed E-state index contributed by atoms with van der Waals surface area (Å²) >= 11 is 1.26. The van der Waals surface area contributed by atoms with Gasteiger partial charge in [-0.1, -0.05) is 17.4 Å². The fraction of sp³-hybridized carbons (Fsp3) is 0.346. The lowest BCUT2D eigenvalue weighted by Crippen LogP contribution is -2.36. The summed E-state index contributed by atoms with van der Waals surface area (Å²) in [6, 6.07) is 10.8. The van der Waals surface area contributed by atoms with Gasteiger partial charge in [-0.05, 0) is 49.4 Å². The normalized spacial score (nSPS) is 12.3. The molecule has 1 amide bonds. The van der Waals surface area contributed by atoms with Crippen LogP contribution in [0.4, 0.5) is 0 Å². The van der Waals surface area contributed by atoms with Crippen molar-refractivity contribution in [3.63, 3.8) is 0 Å². The minimum Gasteiger partial charge on any atom is -0.462 e. The van der Waals surface area contributed by atoms with Gasteiger partial charge in [0.2, 0.25) is 10.0 Å². The molecule has 1 heterocycles. The van der Waals surface area contributed by atoms with Crippen molar-refractivity contribution in [3.8, 4) is 0 Å². The van der Waals surface area contributed by atoms with Crippen molar-refractivity contribution in [2.24, 2.45) is 4.99 Å². The number of amides is 1. The quantitative estimate of drug-likeness (QED) is 0.233. The predicted molar refractivity (Wildman–Crippen MR) is 145 cm³/mol. The van der Waals surface area contributed by atoms with E-state index in [2.05, 4.69) is 11.6 Å².